The molecule has 0 unspecified atom stereocenters. The summed E-state index contributed by atoms with van der Waals surface area (Å²) in [5.41, 5.74) is 0.407. The number of hydrogen-bond donors (Lipinski definition) is 0. The van der Waals surface area contributed by atoms with E-state index in [1.807, 2.05) is 0 Å². The Labute approximate surface area is 196 Å². The highest BCUT2D eigenvalue weighted by molar-refractivity contribution is 5.88. The van der Waals surface area contributed by atoms with Gasteiger partial charge in [-0.25, -0.2) is 14.0 Å². The summed E-state index contributed by atoms with van der Waals surface area (Å²) in [5, 5.41) is 0.302. The van der Waals surface area contributed by atoms with Crippen molar-refractivity contribution in [1.29, 1.82) is 0 Å². The van der Waals surface area contributed by atoms with E-state index in [1.54, 1.807) is 13.0 Å². The van der Waals surface area contributed by atoms with Crippen LogP contribution in [0.1, 0.15) is 41.5 Å². The maximum absolute atomic E-state index is 14.8. The molecule has 34 heavy (non-hydrogen) atoms. The monoisotopic (exact) mass is 472 g/mol. The maximum atomic E-state index is 14.8. The van der Waals surface area contributed by atoms with E-state index >= 15 is 0 Å². The fourth-order valence-electron chi connectivity index (χ4n) is 2.50. The molecule has 0 aliphatic carbocycles. The fourth-order valence-corrected chi connectivity index (χ4v) is 2.50. The molecule has 0 N–H and O–H groups in total. The minimum atomic E-state index is -1.22. The summed E-state index contributed by atoms with van der Waals surface area (Å²) >= 11 is 0. The van der Waals surface area contributed by atoms with Gasteiger partial charge in [0.25, 0.3) is 0 Å². The lowest BCUT2D eigenvalue weighted by Gasteiger charge is -2.14. The largest absolute Gasteiger partial charge is 0.458 e. The molecular weight excluding hydrogens is 446 g/mol. The molecule has 0 radical (unpaired) electrons. The maximum Gasteiger partial charge on any atom is 0.338 e. The van der Waals surface area contributed by atoms with Crippen LogP contribution in [-0.4, -0.2) is 11.9 Å². The lowest BCUT2D eigenvalue weighted by Crippen LogP contribution is -2.07. The second kappa shape index (κ2) is 10.8. The minimum absolute atomic E-state index is 0.0428. The van der Waals surface area contributed by atoms with Crippen molar-refractivity contribution in [3.8, 4) is 11.5 Å². The smallest absolute Gasteiger partial charge is 0.338 e. The molecule has 2 rings (SSSR count). The van der Waals surface area contributed by atoms with Crippen LogP contribution in [0.15, 0.2) is 71.6 Å². The molecule has 2 aromatic rings. The molecule has 0 spiro atoms. The number of halogens is 2. The van der Waals surface area contributed by atoms with Gasteiger partial charge in [-0.3, -0.25) is 0 Å². The van der Waals surface area contributed by atoms with Crippen molar-refractivity contribution in [3.63, 3.8) is 0 Å². The normalized spacial score (nSPS) is 12.4. The highest BCUT2D eigenvalue weighted by atomic mass is 19.2. The number of allylic oxidation sites excluding steroid dienone is 4. The molecule has 180 valence electrons. The van der Waals surface area contributed by atoms with E-state index in [0.717, 1.165) is 0 Å². The summed E-state index contributed by atoms with van der Waals surface area (Å²) in [7, 11) is 0. The van der Waals surface area contributed by atoms with Crippen molar-refractivity contribution in [2.24, 2.45) is 0 Å². The Morgan fingerprint density at radius 3 is 1.71 bits per heavy atom. The summed E-state index contributed by atoms with van der Waals surface area (Å²) in [5.74, 6) is -3.17. The molecular formula is C26H26F2O6. The van der Waals surface area contributed by atoms with Crippen molar-refractivity contribution >= 4 is 22.7 Å². The quantitative estimate of drug-likeness (QED) is 0.244. The van der Waals surface area contributed by atoms with Gasteiger partial charge in [0, 0.05) is 16.5 Å². The van der Waals surface area contributed by atoms with Crippen LogP contribution >= 0.6 is 0 Å². The summed E-state index contributed by atoms with van der Waals surface area (Å²) in [6, 6.07) is 5.70. The molecule has 0 saturated heterocycles. The second-order valence-corrected chi connectivity index (χ2v) is 7.65. The van der Waals surface area contributed by atoms with Gasteiger partial charge in [0.2, 0.25) is 5.82 Å². The van der Waals surface area contributed by atoms with Crippen molar-refractivity contribution in [3.05, 3.63) is 83.2 Å². The first-order chi connectivity index (χ1) is 15.8. The minimum Gasteiger partial charge on any atom is -0.458 e. The average Bonchev–Trinajstić information content (AvgIpc) is 2.77. The number of fused-ring (bicyclic) bond motifs is 1. The summed E-state index contributed by atoms with van der Waals surface area (Å²) < 4.78 is 50.8. The highest BCUT2D eigenvalue weighted by Crippen LogP contribution is 2.33. The Kier molecular flexibility index (Phi) is 8.35. The molecule has 0 amide bonds. The third-order valence-corrected chi connectivity index (χ3v) is 4.67. The Bertz CT molecular complexity index is 1250. The first-order valence-electron chi connectivity index (χ1n) is 10.2. The molecule has 0 aliphatic rings. The van der Waals surface area contributed by atoms with Crippen LogP contribution in [0, 0.1) is 11.6 Å². The van der Waals surface area contributed by atoms with Gasteiger partial charge in [0.1, 0.15) is 28.8 Å². The van der Waals surface area contributed by atoms with E-state index in [4.69, 9.17) is 18.9 Å². The van der Waals surface area contributed by atoms with Crippen LogP contribution in [0.2, 0.25) is 0 Å². The molecule has 0 bridgehead atoms. The Morgan fingerprint density at radius 2 is 1.21 bits per heavy atom. The number of ether oxygens (including phenoxy) is 4. The second-order valence-electron chi connectivity index (χ2n) is 7.65. The molecule has 6 nitrogen and oxygen atoms in total. The molecule has 2 aromatic carbocycles. The highest BCUT2D eigenvalue weighted by Gasteiger charge is 2.18. The first-order valence-corrected chi connectivity index (χ1v) is 10.2. The predicted molar refractivity (Wildman–Crippen MR) is 124 cm³/mol. The van der Waals surface area contributed by atoms with Crippen molar-refractivity contribution in [2.45, 2.75) is 41.5 Å². The number of rotatable bonds is 8. The standard InChI is InChI=1S/C26H26F2O6/c1-13(2)25(29)33-17(7)15(5)31-20-10-9-19-11-22(24(28)23(27)21(19)12-20)32-16(6)18(8)34-26(30)14(3)4/h9-12H,1,3H2,2,4-8H3. The molecule has 8 heteroatoms. The predicted octanol–water partition coefficient (Wildman–Crippen LogP) is 6.62. The van der Waals surface area contributed by atoms with E-state index < -0.39 is 23.6 Å². The Morgan fingerprint density at radius 1 is 0.706 bits per heavy atom. The van der Waals surface area contributed by atoms with Crippen LogP contribution in [0.3, 0.4) is 0 Å². The Balaban J connectivity index is 2.34. The van der Waals surface area contributed by atoms with E-state index in [1.165, 1.54) is 52.8 Å². The lowest BCUT2D eigenvalue weighted by molar-refractivity contribution is -0.136. The molecule has 0 atom stereocenters. The third-order valence-electron chi connectivity index (χ3n) is 4.67. The van der Waals surface area contributed by atoms with Crippen molar-refractivity contribution in [2.75, 3.05) is 0 Å². The van der Waals surface area contributed by atoms with Gasteiger partial charge >= 0.3 is 11.9 Å². The van der Waals surface area contributed by atoms with E-state index in [-0.39, 0.29) is 51.1 Å². The lowest BCUT2D eigenvalue weighted by atomic mass is 10.1. The van der Waals surface area contributed by atoms with Crippen molar-refractivity contribution < 1.29 is 37.3 Å². The van der Waals surface area contributed by atoms with Gasteiger partial charge in [-0.1, -0.05) is 19.2 Å². The summed E-state index contributed by atoms with van der Waals surface area (Å²) in [4.78, 5) is 23.3. The topological polar surface area (TPSA) is 71.1 Å². The number of esters is 2. The summed E-state index contributed by atoms with van der Waals surface area (Å²) in [6.45, 7) is 16.0. The van der Waals surface area contributed by atoms with Crippen LogP contribution in [-0.2, 0) is 19.1 Å². The van der Waals surface area contributed by atoms with Gasteiger partial charge in [-0.15, -0.1) is 0 Å². The molecule has 0 fully saturated rings. The number of hydrogen-bond acceptors (Lipinski definition) is 6. The molecule has 0 aliphatic heterocycles. The SMILES string of the molecule is C=C(C)C(=O)OC(C)=C(C)Oc1ccc2cc(OC(C)=C(C)OC(=O)C(=C)C)c(F)c(F)c2c1. The molecule has 0 saturated carbocycles. The zero-order valence-corrected chi connectivity index (χ0v) is 19.9. The fraction of sp³-hybridized carbons (Fsp3) is 0.231. The first kappa shape index (κ1) is 26.3. The zero-order valence-electron chi connectivity index (χ0n) is 19.9. The zero-order chi connectivity index (χ0) is 25.7. The average molecular weight is 472 g/mol. The van der Waals surface area contributed by atoms with Crippen LogP contribution in [0.4, 0.5) is 8.78 Å². The molecule has 0 aromatic heterocycles. The van der Waals surface area contributed by atoms with E-state index in [0.29, 0.717) is 5.39 Å². The summed E-state index contributed by atoms with van der Waals surface area (Å²) in [6.07, 6.45) is 0. The number of carbonyl (C=O) groups is 2. The van der Waals surface area contributed by atoms with Crippen LogP contribution < -0.4 is 9.47 Å². The van der Waals surface area contributed by atoms with Gasteiger partial charge < -0.3 is 18.9 Å². The van der Waals surface area contributed by atoms with Gasteiger partial charge in [0.05, 0.1) is 0 Å². The molecule has 0 heterocycles. The van der Waals surface area contributed by atoms with Crippen LogP contribution in [0.5, 0.6) is 11.5 Å². The Hall–Kier alpha value is -3.94. The van der Waals surface area contributed by atoms with Crippen LogP contribution in [0.25, 0.3) is 10.8 Å². The third kappa shape index (κ3) is 6.31. The van der Waals surface area contributed by atoms with Gasteiger partial charge in [0.15, 0.2) is 11.6 Å². The van der Waals surface area contributed by atoms with Crippen molar-refractivity contribution in [1.82, 2.24) is 0 Å². The van der Waals surface area contributed by atoms with E-state index in [9.17, 15) is 18.4 Å². The van der Waals surface area contributed by atoms with E-state index in [2.05, 4.69) is 13.2 Å². The van der Waals surface area contributed by atoms with Gasteiger partial charge in [-0.2, -0.15) is 4.39 Å². The number of benzene rings is 2. The van der Waals surface area contributed by atoms with Gasteiger partial charge in [-0.05, 0) is 65.1 Å². The number of carbonyl (C=O) groups excluding carboxylic acids is 2.